The second-order valence-electron chi connectivity index (χ2n) is 4.20. The molecule has 1 nitrogen and oxygen atoms in total. The number of hydrogen-bond acceptors (Lipinski definition) is 3. The predicted octanol–water partition coefficient (Wildman–Crippen LogP) is 3.91. The molecule has 1 aliphatic heterocycles. The van der Waals surface area contributed by atoms with Gasteiger partial charge in [0.25, 0.3) is 0 Å². The van der Waals surface area contributed by atoms with E-state index >= 15 is 0 Å². The Morgan fingerprint density at radius 2 is 2.00 bits per heavy atom. The lowest BCUT2D eigenvalue weighted by Gasteiger charge is -2.08. The zero-order valence-corrected chi connectivity index (χ0v) is 11.2. The largest absolute Gasteiger partial charge is 0.288 e. The third-order valence-corrected chi connectivity index (χ3v) is 5.20. The van der Waals surface area contributed by atoms with Crippen LogP contribution in [0.3, 0.4) is 0 Å². The number of fused-ring (bicyclic) bond motifs is 1. The summed E-state index contributed by atoms with van der Waals surface area (Å²) in [5.41, 5.74) is 1.85. The molecule has 0 bridgehead atoms. The molecule has 0 saturated heterocycles. The molecule has 0 N–H and O–H groups in total. The number of halogens is 1. The first-order chi connectivity index (χ1) is 8.74. The molecule has 0 amide bonds. The monoisotopic (exact) mass is 278 g/mol. The average molecular weight is 278 g/mol. The standard InChI is InChI=1S/C14H11FOS2/c15-11-3-1-9(2-4-11)14(16)13-7-10-8-17-6-5-12(10)18-13/h1-4,7H,5-6,8H2. The van der Waals surface area contributed by atoms with Gasteiger partial charge in [-0.25, -0.2) is 4.39 Å². The molecule has 0 saturated carbocycles. The molecule has 1 aliphatic rings. The van der Waals surface area contributed by atoms with Crippen molar-refractivity contribution < 1.29 is 9.18 Å². The minimum Gasteiger partial charge on any atom is -0.288 e. The summed E-state index contributed by atoms with van der Waals surface area (Å²) in [6.07, 6.45) is 1.06. The number of ketones is 1. The second kappa shape index (κ2) is 4.86. The summed E-state index contributed by atoms with van der Waals surface area (Å²) in [5.74, 6) is 1.83. The fourth-order valence-electron chi connectivity index (χ4n) is 2.00. The zero-order valence-electron chi connectivity index (χ0n) is 9.61. The van der Waals surface area contributed by atoms with E-state index in [1.54, 1.807) is 23.5 Å². The van der Waals surface area contributed by atoms with E-state index in [1.165, 1.54) is 22.6 Å². The van der Waals surface area contributed by atoms with Crippen molar-refractivity contribution in [3.05, 3.63) is 57.0 Å². The Labute approximate surface area is 113 Å². The van der Waals surface area contributed by atoms with Gasteiger partial charge >= 0.3 is 0 Å². The van der Waals surface area contributed by atoms with Gasteiger partial charge in [-0.15, -0.1) is 11.3 Å². The van der Waals surface area contributed by atoms with Gasteiger partial charge in [0.1, 0.15) is 5.82 Å². The fraction of sp³-hybridized carbons (Fsp3) is 0.214. The SMILES string of the molecule is O=C(c1ccc(F)cc1)c1cc2c(s1)CCSC2. The highest BCUT2D eigenvalue weighted by Gasteiger charge is 2.18. The van der Waals surface area contributed by atoms with Crippen molar-refractivity contribution in [2.45, 2.75) is 12.2 Å². The molecule has 0 aliphatic carbocycles. The molecule has 0 radical (unpaired) electrons. The van der Waals surface area contributed by atoms with Crippen LogP contribution in [0.15, 0.2) is 30.3 Å². The maximum atomic E-state index is 12.8. The van der Waals surface area contributed by atoms with E-state index in [0.717, 1.165) is 22.8 Å². The Balaban J connectivity index is 1.92. The lowest BCUT2D eigenvalue weighted by atomic mass is 10.1. The molecular formula is C14H11FOS2. The maximum Gasteiger partial charge on any atom is 0.202 e. The number of hydrogen-bond donors (Lipinski definition) is 0. The lowest BCUT2D eigenvalue weighted by Crippen LogP contribution is -1.98. The fourth-order valence-corrected chi connectivity index (χ4v) is 4.34. The highest BCUT2D eigenvalue weighted by molar-refractivity contribution is 7.98. The van der Waals surface area contributed by atoms with Crippen molar-refractivity contribution in [3.63, 3.8) is 0 Å². The third kappa shape index (κ3) is 2.22. The summed E-state index contributed by atoms with van der Waals surface area (Å²) in [6, 6.07) is 7.75. The van der Waals surface area contributed by atoms with Crippen molar-refractivity contribution >= 4 is 28.9 Å². The quantitative estimate of drug-likeness (QED) is 0.775. The molecule has 2 aromatic rings. The van der Waals surface area contributed by atoms with Crippen molar-refractivity contribution in [2.24, 2.45) is 0 Å². The highest BCUT2D eigenvalue weighted by Crippen LogP contribution is 2.32. The Morgan fingerprint density at radius 1 is 1.22 bits per heavy atom. The van der Waals surface area contributed by atoms with Crippen LogP contribution in [0.2, 0.25) is 0 Å². The topological polar surface area (TPSA) is 17.1 Å². The molecule has 2 heterocycles. The number of carbonyl (C=O) groups excluding carboxylic acids is 1. The van der Waals surface area contributed by atoms with Gasteiger partial charge in [-0.1, -0.05) is 0 Å². The van der Waals surface area contributed by atoms with Crippen LogP contribution in [0.1, 0.15) is 25.7 Å². The molecule has 0 unspecified atom stereocenters. The first-order valence-corrected chi connectivity index (χ1v) is 7.71. The molecular weight excluding hydrogens is 267 g/mol. The Morgan fingerprint density at radius 3 is 2.72 bits per heavy atom. The van der Waals surface area contributed by atoms with Crippen LogP contribution in [-0.4, -0.2) is 11.5 Å². The minimum atomic E-state index is -0.312. The van der Waals surface area contributed by atoms with E-state index in [2.05, 4.69) is 0 Å². The Hall–Kier alpha value is -1.13. The Bertz CT molecular complexity index is 563. The van der Waals surface area contributed by atoms with Crippen molar-refractivity contribution in [1.82, 2.24) is 0 Å². The predicted molar refractivity (Wildman–Crippen MR) is 74.0 cm³/mol. The van der Waals surface area contributed by atoms with Gasteiger partial charge in [-0.05, 0) is 48.1 Å². The number of thiophene rings is 1. The van der Waals surface area contributed by atoms with E-state index in [1.807, 2.05) is 17.8 Å². The van der Waals surface area contributed by atoms with Gasteiger partial charge in [0, 0.05) is 16.2 Å². The Kier molecular flexibility index (Phi) is 3.22. The summed E-state index contributed by atoms with van der Waals surface area (Å²) < 4.78 is 12.8. The smallest absolute Gasteiger partial charge is 0.202 e. The van der Waals surface area contributed by atoms with Crippen molar-refractivity contribution in [2.75, 3.05) is 5.75 Å². The van der Waals surface area contributed by atoms with Gasteiger partial charge in [0.05, 0.1) is 4.88 Å². The van der Waals surface area contributed by atoms with Gasteiger partial charge < -0.3 is 0 Å². The van der Waals surface area contributed by atoms with Crippen molar-refractivity contribution in [1.29, 1.82) is 0 Å². The first-order valence-electron chi connectivity index (χ1n) is 5.73. The second-order valence-corrected chi connectivity index (χ2v) is 6.44. The summed E-state index contributed by atoms with van der Waals surface area (Å²) in [7, 11) is 0. The van der Waals surface area contributed by atoms with Crippen LogP contribution in [0, 0.1) is 5.82 Å². The summed E-state index contributed by atoms with van der Waals surface area (Å²) >= 11 is 3.49. The minimum absolute atomic E-state index is 0.000556. The van der Waals surface area contributed by atoms with Crippen LogP contribution < -0.4 is 0 Å². The number of benzene rings is 1. The zero-order chi connectivity index (χ0) is 12.5. The molecule has 3 rings (SSSR count). The number of rotatable bonds is 2. The summed E-state index contributed by atoms with van der Waals surface area (Å²) in [5, 5.41) is 0. The van der Waals surface area contributed by atoms with E-state index in [0.29, 0.717) is 5.56 Å². The first kappa shape index (κ1) is 11.9. The lowest BCUT2D eigenvalue weighted by molar-refractivity contribution is 0.104. The third-order valence-electron chi connectivity index (χ3n) is 2.96. The number of thioether (sulfide) groups is 1. The summed E-state index contributed by atoms with van der Waals surface area (Å²) in [6.45, 7) is 0. The van der Waals surface area contributed by atoms with Crippen LogP contribution in [0.4, 0.5) is 4.39 Å². The molecule has 1 aromatic carbocycles. The molecule has 4 heteroatoms. The van der Waals surface area contributed by atoms with Crippen LogP contribution in [0.25, 0.3) is 0 Å². The van der Waals surface area contributed by atoms with Crippen LogP contribution in [0.5, 0.6) is 0 Å². The normalized spacial score (nSPS) is 14.3. The maximum absolute atomic E-state index is 12.8. The molecule has 0 spiro atoms. The molecule has 18 heavy (non-hydrogen) atoms. The molecule has 0 fully saturated rings. The van der Waals surface area contributed by atoms with Gasteiger partial charge in [-0.2, -0.15) is 11.8 Å². The molecule has 1 aromatic heterocycles. The summed E-state index contributed by atoms with van der Waals surface area (Å²) in [4.78, 5) is 14.4. The van der Waals surface area contributed by atoms with Crippen LogP contribution in [-0.2, 0) is 12.2 Å². The van der Waals surface area contributed by atoms with Gasteiger partial charge in [0.2, 0.25) is 5.78 Å². The average Bonchev–Trinajstić information content (AvgIpc) is 2.82. The molecule has 92 valence electrons. The number of aryl methyl sites for hydroxylation is 1. The number of carbonyl (C=O) groups is 1. The van der Waals surface area contributed by atoms with Gasteiger partial charge in [-0.3, -0.25) is 4.79 Å². The van der Waals surface area contributed by atoms with E-state index < -0.39 is 0 Å². The molecule has 0 atom stereocenters. The van der Waals surface area contributed by atoms with E-state index in [9.17, 15) is 9.18 Å². The van der Waals surface area contributed by atoms with Gasteiger partial charge in [0.15, 0.2) is 0 Å². The van der Waals surface area contributed by atoms with E-state index in [4.69, 9.17) is 0 Å². The van der Waals surface area contributed by atoms with Crippen LogP contribution >= 0.6 is 23.1 Å². The highest BCUT2D eigenvalue weighted by atomic mass is 32.2. The van der Waals surface area contributed by atoms with Crippen molar-refractivity contribution in [3.8, 4) is 0 Å². The van der Waals surface area contributed by atoms with E-state index in [-0.39, 0.29) is 11.6 Å².